The van der Waals surface area contributed by atoms with E-state index in [0.717, 1.165) is 58.5 Å². The van der Waals surface area contributed by atoms with Crippen molar-refractivity contribution < 1.29 is 13.9 Å². The molecule has 1 N–H and O–H groups in total. The van der Waals surface area contributed by atoms with E-state index in [9.17, 15) is 9.18 Å². The van der Waals surface area contributed by atoms with Crippen LogP contribution in [0.3, 0.4) is 0 Å². The average molecular weight is 363 g/mol. The predicted molar refractivity (Wildman–Crippen MR) is 99.5 cm³/mol. The fourth-order valence-electron chi connectivity index (χ4n) is 3.95. The molecule has 26 heavy (non-hydrogen) atoms. The Hall–Kier alpha value is -1.66. The van der Waals surface area contributed by atoms with E-state index in [2.05, 4.69) is 10.2 Å². The van der Waals surface area contributed by atoms with Crippen molar-refractivity contribution in [3.8, 4) is 0 Å². The van der Waals surface area contributed by atoms with Gasteiger partial charge in [-0.2, -0.15) is 0 Å². The number of halogens is 1. The number of hydrogen-bond acceptors (Lipinski definition) is 3. The number of urea groups is 1. The molecule has 0 unspecified atom stereocenters. The second-order valence-electron chi connectivity index (χ2n) is 7.40. The Labute approximate surface area is 155 Å². The molecule has 0 spiro atoms. The zero-order valence-corrected chi connectivity index (χ0v) is 15.6. The van der Waals surface area contributed by atoms with Gasteiger partial charge in [0.25, 0.3) is 0 Å². The van der Waals surface area contributed by atoms with Crippen LogP contribution in [0.5, 0.6) is 0 Å². The van der Waals surface area contributed by atoms with Crippen molar-refractivity contribution in [2.75, 3.05) is 46.4 Å². The second kappa shape index (κ2) is 9.33. The average Bonchev–Trinajstić information content (AvgIpc) is 3.18. The lowest BCUT2D eigenvalue weighted by atomic mass is 10.00. The van der Waals surface area contributed by atoms with Gasteiger partial charge >= 0.3 is 6.03 Å². The van der Waals surface area contributed by atoms with Gasteiger partial charge in [-0.15, -0.1) is 0 Å². The molecule has 2 fully saturated rings. The summed E-state index contributed by atoms with van der Waals surface area (Å²) in [5.41, 5.74) is 0.668. The molecule has 144 valence electrons. The number of carbonyl (C=O) groups is 1. The highest BCUT2D eigenvalue weighted by atomic mass is 19.1. The fraction of sp³-hybridized carbons (Fsp3) is 0.650. The van der Waals surface area contributed by atoms with Crippen LogP contribution < -0.4 is 5.32 Å². The lowest BCUT2D eigenvalue weighted by molar-refractivity contribution is 0.0585. The summed E-state index contributed by atoms with van der Waals surface area (Å²) >= 11 is 0. The molecule has 3 rings (SSSR count). The first-order valence-electron chi connectivity index (χ1n) is 9.70. The Kier molecular flexibility index (Phi) is 6.86. The van der Waals surface area contributed by atoms with Gasteiger partial charge < -0.3 is 15.0 Å². The molecule has 2 aliphatic heterocycles. The maximum Gasteiger partial charge on any atom is 0.317 e. The first kappa shape index (κ1) is 19.1. The van der Waals surface area contributed by atoms with Crippen molar-refractivity contribution >= 4 is 6.03 Å². The van der Waals surface area contributed by atoms with Crippen LogP contribution in [0.4, 0.5) is 9.18 Å². The molecule has 0 bridgehead atoms. The van der Waals surface area contributed by atoms with Crippen molar-refractivity contribution in [2.45, 2.75) is 31.7 Å². The van der Waals surface area contributed by atoms with Crippen LogP contribution in [0.1, 0.15) is 37.3 Å². The first-order valence-corrected chi connectivity index (χ1v) is 9.70. The van der Waals surface area contributed by atoms with Crippen LogP contribution in [0.2, 0.25) is 0 Å². The molecular weight excluding hydrogens is 333 g/mol. The van der Waals surface area contributed by atoms with Gasteiger partial charge in [-0.1, -0.05) is 18.2 Å². The molecule has 2 heterocycles. The lowest BCUT2D eigenvalue weighted by Gasteiger charge is -2.30. The molecule has 2 amide bonds. The third-order valence-corrected chi connectivity index (χ3v) is 5.51. The molecule has 0 saturated carbocycles. The molecule has 1 aromatic rings. The number of ether oxygens (including phenoxy) is 1. The Morgan fingerprint density at radius 2 is 2.00 bits per heavy atom. The van der Waals surface area contributed by atoms with Gasteiger partial charge in [0.15, 0.2) is 0 Å². The molecule has 1 atom stereocenters. The summed E-state index contributed by atoms with van der Waals surface area (Å²) in [4.78, 5) is 16.5. The van der Waals surface area contributed by atoms with Gasteiger partial charge in [0.1, 0.15) is 5.82 Å². The molecule has 5 nitrogen and oxygen atoms in total. The number of nitrogens with zero attached hydrogens (tertiary/aromatic N) is 2. The molecule has 6 heteroatoms. The zero-order valence-electron chi connectivity index (χ0n) is 15.6. The molecule has 0 radical (unpaired) electrons. The Balaban J connectivity index is 1.58. The van der Waals surface area contributed by atoms with E-state index in [1.807, 2.05) is 19.2 Å². The van der Waals surface area contributed by atoms with Crippen LogP contribution in [0, 0.1) is 11.7 Å². The van der Waals surface area contributed by atoms with Crippen LogP contribution >= 0.6 is 0 Å². The summed E-state index contributed by atoms with van der Waals surface area (Å²) in [6.45, 7) is 4.63. The van der Waals surface area contributed by atoms with Crippen molar-refractivity contribution in [1.29, 1.82) is 0 Å². The molecule has 0 aromatic heterocycles. The number of likely N-dealkylation sites (tertiary alicyclic amines) is 1. The van der Waals surface area contributed by atoms with Crippen molar-refractivity contribution in [3.63, 3.8) is 0 Å². The summed E-state index contributed by atoms with van der Waals surface area (Å²) in [5, 5.41) is 3.02. The summed E-state index contributed by atoms with van der Waals surface area (Å²) in [6.07, 6.45) is 4.26. The minimum atomic E-state index is -0.200. The van der Waals surface area contributed by atoms with Crippen LogP contribution in [0.15, 0.2) is 24.3 Å². The second-order valence-corrected chi connectivity index (χ2v) is 7.40. The van der Waals surface area contributed by atoms with Gasteiger partial charge in [-0.05, 0) is 50.8 Å². The van der Waals surface area contributed by atoms with E-state index in [0.29, 0.717) is 18.0 Å². The number of hydrogen-bond donors (Lipinski definition) is 1. The van der Waals surface area contributed by atoms with E-state index in [1.54, 1.807) is 11.0 Å². The summed E-state index contributed by atoms with van der Waals surface area (Å²) in [6, 6.07) is 6.70. The summed E-state index contributed by atoms with van der Waals surface area (Å²) < 4.78 is 19.7. The standard InChI is InChI=1S/C20H30FN3O2/c1-23(15-16-8-12-26-13-9-16)20(25)22-14-19(24-10-4-5-11-24)17-6-2-3-7-18(17)21/h2-3,6-7,16,19H,4-5,8-15H2,1H3,(H,22,25)/t19-/m1/s1. The number of rotatable bonds is 6. The monoisotopic (exact) mass is 363 g/mol. The van der Waals surface area contributed by atoms with E-state index < -0.39 is 0 Å². The van der Waals surface area contributed by atoms with Gasteiger partial charge in [0, 0.05) is 38.9 Å². The number of carbonyl (C=O) groups excluding carboxylic acids is 1. The topological polar surface area (TPSA) is 44.8 Å². The Morgan fingerprint density at radius 1 is 1.31 bits per heavy atom. The van der Waals surface area contributed by atoms with Crippen LogP contribution in [-0.2, 0) is 4.74 Å². The Bertz CT molecular complexity index is 586. The van der Waals surface area contributed by atoms with Gasteiger partial charge in [-0.25, -0.2) is 9.18 Å². The third-order valence-electron chi connectivity index (χ3n) is 5.51. The predicted octanol–water partition coefficient (Wildman–Crippen LogP) is 3.03. The largest absolute Gasteiger partial charge is 0.381 e. The van der Waals surface area contributed by atoms with Gasteiger partial charge in [0.05, 0.1) is 6.04 Å². The zero-order chi connectivity index (χ0) is 18.4. The van der Waals surface area contributed by atoms with E-state index in [1.165, 1.54) is 6.07 Å². The van der Waals surface area contributed by atoms with E-state index in [-0.39, 0.29) is 17.9 Å². The quantitative estimate of drug-likeness (QED) is 0.845. The molecule has 2 aliphatic rings. The maximum absolute atomic E-state index is 14.3. The van der Waals surface area contributed by atoms with Crippen molar-refractivity contribution in [2.24, 2.45) is 5.92 Å². The summed E-state index contributed by atoms with van der Waals surface area (Å²) in [7, 11) is 1.83. The normalized spacial score (nSPS) is 20.1. The van der Waals surface area contributed by atoms with Crippen LogP contribution in [-0.4, -0.2) is 62.3 Å². The lowest BCUT2D eigenvalue weighted by Crippen LogP contribution is -2.44. The minimum absolute atomic E-state index is 0.0861. The number of amides is 2. The van der Waals surface area contributed by atoms with Gasteiger partial charge in [0.2, 0.25) is 0 Å². The van der Waals surface area contributed by atoms with Crippen LogP contribution in [0.25, 0.3) is 0 Å². The van der Waals surface area contributed by atoms with E-state index >= 15 is 0 Å². The van der Waals surface area contributed by atoms with Gasteiger partial charge in [-0.3, -0.25) is 4.90 Å². The maximum atomic E-state index is 14.3. The highest BCUT2D eigenvalue weighted by Crippen LogP contribution is 2.26. The fourth-order valence-corrected chi connectivity index (χ4v) is 3.95. The highest BCUT2D eigenvalue weighted by Gasteiger charge is 2.27. The smallest absolute Gasteiger partial charge is 0.317 e. The minimum Gasteiger partial charge on any atom is -0.381 e. The first-order chi connectivity index (χ1) is 12.6. The van der Waals surface area contributed by atoms with Crippen molar-refractivity contribution in [3.05, 3.63) is 35.6 Å². The molecular formula is C20H30FN3O2. The molecule has 1 aromatic carbocycles. The number of benzene rings is 1. The number of nitrogens with one attached hydrogen (secondary N) is 1. The Morgan fingerprint density at radius 3 is 2.69 bits per heavy atom. The molecule has 2 saturated heterocycles. The summed E-state index contributed by atoms with van der Waals surface area (Å²) in [5.74, 6) is 0.301. The molecule has 0 aliphatic carbocycles. The van der Waals surface area contributed by atoms with Crippen molar-refractivity contribution in [1.82, 2.24) is 15.1 Å². The SMILES string of the molecule is CN(CC1CCOCC1)C(=O)NC[C@H](c1ccccc1F)N1CCCC1. The highest BCUT2D eigenvalue weighted by molar-refractivity contribution is 5.73. The third kappa shape index (κ3) is 4.95. The van der Waals surface area contributed by atoms with E-state index in [4.69, 9.17) is 4.74 Å².